The van der Waals surface area contributed by atoms with Gasteiger partial charge >= 0.3 is 0 Å². The van der Waals surface area contributed by atoms with Crippen molar-refractivity contribution < 1.29 is 9.53 Å². The van der Waals surface area contributed by atoms with Gasteiger partial charge in [-0.3, -0.25) is 4.79 Å². The molecule has 0 aliphatic carbocycles. The first kappa shape index (κ1) is 13.3. The lowest BCUT2D eigenvalue weighted by Gasteiger charge is -2.15. The molecule has 0 spiro atoms. The summed E-state index contributed by atoms with van der Waals surface area (Å²) in [7, 11) is 1.63. The molecule has 0 unspecified atom stereocenters. The van der Waals surface area contributed by atoms with E-state index in [2.05, 4.69) is 0 Å². The maximum Gasteiger partial charge on any atom is 0.246 e. The molecule has 0 aromatic heterocycles. The molecule has 0 radical (unpaired) electrons. The Morgan fingerprint density at radius 2 is 2.06 bits per heavy atom. The van der Waals surface area contributed by atoms with Gasteiger partial charge in [-0.25, -0.2) is 0 Å². The van der Waals surface area contributed by atoms with Crippen LogP contribution in [0.15, 0.2) is 30.3 Å². The molecule has 0 N–H and O–H groups in total. The van der Waals surface area contributed by atoms with E-state index in [4.69, 9.17) is 4.74 Å². The highest BCUT2D eigenvalue weighted by atomic mass is 16.5. The lowest BCUT2D eigenvalue weighted by atomic mass is 10.2. The Labute approximate surface area is 103 Å². The summed E-state index contributed by atoms with van der Waals surface area (Å²) in [5.74, 6) is 0.834. The molecule has 92 valence electrons. The molecule has 17 heavy (non-hydrogen) atoms. The van der Waals surface area contributed by atoms with E-state index in [1.54, 1.807) is 18.1 Å². The number of benzene rings is 1. The first-order valence-corrected chi connectivity index (χ1v) is 5.82. The van der Waals surface area contributed by atoms with E-state index in [-0.39, 0.29) is 5.91 Å². The maximum atomic E-state index is 11.7. The summed E-state index contributed by atoms with van der Waals surface area (Å²) in [4.78, 5) is 13.5. The van der Waals surface area contributed by atoms with Gasteiger partial charge in [0.25, 0.3) is 0 Å². The number of methoxy groups -OCH3 is 1. The maximum absolute atomic E-state index is 11.7. The first-order valence-electron chi connectivity index (χ1n) is 5.82. The molecule has 0 atom stereocenters. The molecule has 0 heterocycles. The SMILES string of the molecule is CCN(CC)C(=O)C=Cc1cccc(OC)c1. The van der Waals surface area contributed by atoms with E-state index < -0.39 is 0 Å². The predicted octanol–water partition coefficient (Wildman–Crippen LogP) is 2.58. The summed E-state index contributed by atoms with van der Waals surface area (Å²) in [5.41, 5.74) is 0.963. The molecule has 0 aliphatic heterocycles. The zero-order chi connectivity index (χ0) is 12.7. The monoisotopic (exact) mass is 233 g/mol. The lowest BCUT2D eigenvalue weighted by molar-refractivity contribution is -0.125. The van der Waals surface area contributed by atoms with Crippen LogP contribution in [0.3, 0.4) is 0 Å². The molecule has 0 fully saturated rings. The van der Waals surface area contributed by atoms with Crippen LogP contribution in [-0.4, -0.2) is 31.0 Å². The Bertz CT molecular complexity index is 395. The van der Waals surface area contributed by atoms with Crippen LogP contribution < -0.4 is 4.74 Å². The third kappa shape index (κ3) is 3.94. The van der Waals surface area contributed by atoms with Crippen molar-refractivity contribution in [3.05, 3.63) is 35.9 Å². The lowest BCUT2D eigenvalue weighted by Crippen LogP contribution is -2.28. The van der Waals surface area contributed by atoms with Gasteiger partial charge in [0.15, 0.2) is 0 Å². The molecular weight excluding hydrogens is 214 g/mol. The van der Waals surface area contributed by atoms with Crippen molar-refractivity contribution >= 4 is 12.0 Å². The predicted molar refractivity (Wildman–Crippen MR) is 70.0 cm³/mol. The van der Waals surface area contributed by atoms with Gasteiger partial charge in [-0.15, -0.1) is 0 Å². The Kier molecular flexibility index (Phi) is 5.27. The minimum absolute atomic E-state index is 0.0396. The standard InChI is InChI=1S/C14H19NO2/c1-4-15(5-2)14(16)10-9-12-7-6-8-13(11-12)17-3/h6-11H,4-5H2,1-3H3. The summed E-state index contributed by atoms with van der Waals surface area (Å²) in [5, 5.41) is 0. The van der Waals surface area contributed by atoms with E-state index in [0.29, 0.717) is 0 Å². The average molecular weight is 233 g/mol. The number of hydrogen-bond donors (Lipinski definition) is 0. The Morgan fingerprint density at radius 3 is 2.65 bits per heavy atom. The van der Waals surface area contributed by atoms with Gasteiger partial charge in [-0.05, 0) is 37.6 Å². The van der Waals surface area contributed by atoms with Crippen LogP contribution in [0.1, 0.15) is 19.4 Å². The first-order chi connectivity index (χ1) is 8.21. The minimum atomic E-state index is 0.0396. The van der Waals surface area contributed by atoms with Crippen molar-refractivity contribution in [1.29, 1.82) is 0 Å². The molecule has 0 saturated heterocycles. The van der Waals surface area contributed by atoms with Crippen molar-refractivity contribution in [2.45, 2.75) is 13.8 Å². The van der Waals surface area contributed by atoms with Crippen molar-refractivity contribution in [2.75, 3.05) is 20.2 Å². The van der Waals surface area contributed by atoms with E-state index in [1.165, 1.54) is 0 Å². The van der Waals surface area contributed by atoms with Crippen LogP contribution in [0.2, 0.25) is 0 Å². The van der Waals surface area contributed by atoms with Gasteiger partial charge in [0, 0.05) is 19.2 Å². The molecular formula is C14H19NO2. The number of carbonyl (C=O) groups is 1. The zero-order valence-corrected chi connectivity index (χ0v) is 10.6. The number of amides is 1. The summed E-state index contributed by atoms with van der Waals surface area (Å²) in [6.45, 7) is 5.41. The third-order valence-electron chi connectivity index (χ3n) is 2.59. The van der Waals surface area contributed by atoms with Crippen LogP contribution in [-0.2, 0) is 4.79 Å². The third-order valence-corrected chi connectivity index (χ3v) is 2.59. The average Bonchev–Trinajstić information content (AvgIpc) is 2.38. The van der Waals surface area contributed by atoms with Gasteiger partial charge in [0.1, 0.15) is 5.75 Å². The Morgan fingerprint density at radius 1 is 1.35 bits per heavy atom. The highest BCUT2D eigenvalue weighted by Gasteiger charge is 2.04. The van der Waals surface area contributed by atoms with E-state index in [9.17, 15) is 4.79 Å². The highest BCUT2D eigenvalue weighted by Crippen LogP contribution is 2.13. The zero-order valence-electron chi connectivity index (χ0n) is 10.6. The van der Waals surface area contributed by atoms with Gasteiger partial charge in [-0.2, -0.15) is 0 Å². The fourth-order valence-electron chi connectivity index (χ4n) is 1.55. The van der Waals surface area contributed by atoms with Crippen LogP contribution in [0.5, 0.6) is 5.75 Å². The van der Waals surface area contributed by atoms with Crippen LogP contribution in [0.25, 0.3) is 6.08 Å². The van der Waals surface area contributed by atoms with Gasteiger partial charge in [0.05, 0.1) is 7.11 Å². The number of hydrogen-bond acceptors (Lipinski definition) is 2. The molecule has 1 aromatic carbocycles. The van der Waals surface area contributed by atoms with Gasteiger partial charge < -0.3 is 9.64 Å². The summed E-state index contributed by atoms with van der Waals surface area (Å²) >= 11 is 0. The summed E-state index contributed by atoms with van der Waals surface area (Å²) < 4.78 is 5.12. The molecule has 3 heteroatoms. The van der Waals surface area contributed by atoms with Crippen LogP contribution in [0, 0.1) is 0 Å². The van der Waals surface area contributed by atoms with Gasteiger partial charge in [-0.1, -0.05) is 12.1 Å². The molecule has 3 nitrogen and oxygen atoms in total. The number of rotatable bonds is 5. The molecule has 1 aromatic rings. The fourth-order valence-corrected chi connectivity index (χ4v) is 1.55. The largest absolute Gasteiger partial charge is 0.497 e. The Balaban J connectivity index is 2.72. The molecule has 1 rings (SSSR count). The van der Waals surface area contributed by atoms with Crippen molar-refractivity contribution in [3.63, 3.8) is 0 Å². The summed E-state index contributed by atoms with van der Waals surface area (Å²) in [6, 6.07) is 7.62. The van der Waals surface area contributed by atoms with E-state index in [0.717, 1.165) is 24.4 Å². The summed E-state index contributed by atoms with van der Waals surface area (Å²) in [6.07, 6.45) is 3.41. The topological polar surface area (TPSA) is 29.5 Å². The van der Waals surface area contributed by atoms with Crippen molar-refractivity contribution in [2.24, 2.45) is 0 Å². The quantitative estimate of drug-likeness (QED) is 0.731. The molecule has 1 amide bonds. The second kappa shape index (κ2) is 6.74. The second-order valence-electron chi connectivity index (χ2n) is 3.62. The van der Waals surface area contributed by atoms with E-state index in [1.807, 2.05) is 44.2 Å². The minimum Gasteiger partial charge on any atom is -0.497 e. The number of carbonyl (C=O) groups excluding carboxylic acids is 1. The van der Waals surface area contributed by atoms with Crippen LogP contribution >= 0.6 is 0 Å². The van der Waals surface area contributed by atoms with Crippen LogP contribution in [0.4, 0.5) is 0 Å². The number of likely N-dealkylation sites (N-methyl/N-ethyl adjacent to an activating group) is 1. The number of nitrogens with zero attached hydrogens (tertiary/aromatic N) is 1. The molecule has 0 saturated carbocycles. The molecule has 0 bridgehead atoms. The fraction of sp³-hybridized carbons (Fsp3) is 0.357. The van der Waals surface area contributed by atoms with Crippen molar-refractivity contribution in [1.82, 2.24) is 4.90 Å². The normalized spacial score (nSPS) is 10.5. The van der Waals surface area contributed by atoms with Crippen molar-refractivity contribution in [3.8, 4) is 5.75 Å². The smallest absolute Gasteiger partial charge is 0.246 e. The molecule has 0 aliphatic rings. The van der Waals surface area contributed by atoms with E-state index >= 15 is 0 Å². The Hall–Kier alpha value is -1.77. The van der Waals surface area contributed by atoms with Gasteiger partial charge in [0.2, 0.25) is 5.91 Å². The highest BCUT2D eigenvalue weighted by molar-refractivity contribution is 5.91. The number of ether oxygens (including phenoxy) is 1. The second-order valence-corrected chi connectivity index (χ2v) is 3.62.